The van der Waals surface area contributed by atoms with Crippen molar-refractivity contribution in [3.8, 4) is 5.75 Å². The van der Waals surface area contributed by atoms with Crippen LogP contribution >= 0.6 is 11.8 Å². The lowest BCUT2D eigenvalue weighted by molar-refractivity contribution is 0.0972. The van der Waals surface area contributed by atoms with Gasteiger partial charge in [0.05, 0.1) is 10.5 Å². The van der Waals surface area contributed by atoms with E-state index in [2.05, 4.69) is 40.3 Å². The lowest BCUT2D eigenvalue weighted by atomic mass is 9.87. The minimum atomic E-state index is -0.216. The number of fused-ring (bicyclic) bond motifs is 2. The van der Waals surface area contributed by atoms with Crippen molar-refractivity contribution in [1.82, 2.24) is 15.0 Å². The third-order valence-electron chi connectivity index (χ3n) is 6.83. The summed E-state index contributed by atoms with van der Waals surface area (Å²) in [6.07, 6.45) is 6.36. The fourth-order valence-corrected chi connectivity index (χ4v) is 5.89. The van der Waals surface area contributed by atoms with Crippen LogP contribution in [0.5, 0.6) is 5.75 Å². The Hall–Kier alpha value is -3.90. The predicted molar refractivity (Wildman–Crippen MR) is 147 cm³/mol. The van der Waals surface area contributed by atoms with Gasteiger partial charge >= 0.3 is 0 Å². The molecule has 0 spiro atoms. The maximum absolute atomic E-state index is 12.8. The summed E-state index contributed by atoms with van der Waals surface area (Å²) < 4.78 is 6.76. The molecule has 0 unspecified atom stereocenters. The molecule has 1 aliphatic rings. The summed E-state index contributed by atoms with van der Waals surface area (Å²) in [4.78, 5) is 25.2. The normalized spacial score (nSPS) is 13.9. The van der Waals surface area contributed by atoms with Gasteiger partial charge in [0.25, 0.3) is 0 Å². The third-order valence-corrected chi connectivity index (χ3v) is 7.79. The highest BCUT2D eigenvalue weighted by Gasteiger charge is 2.25. The first kappa shape index (κ1) is 23.5. The number of nitrogens with one attached hydrogen (secondary N) is 1. The third kappa shape index (κ3) is 5.16. The maximum Gasteiger partial charge on any atom is 0.163 e. The number of ketones is 1. The molecule has 6 heteroatoms. The second-order valence-electron chi connectivity index (χ2n) is 9.23. The minimum absolute atomic E-state index is 0.216. The molecular weight excluding hydrogens is 478 g/mol. The predicted octanol–water partition coefficient (Wildman–Crippen LogP) is 7.13. The number of para-hydroxylation sites is 1. The zero-order valence-corrected chi connectivity index (χ0v) is 21.2. The standard InChI is InChI=1S/C31H27N3O2S/c35-27-12-6-10-23-24(27)14-15-28(25(23)20-37-31-16-13-21-7-4-5-11-26(21)34-31)36-29(19-30-32-17-18-33-30)22-8-2-1-3-9-22/h1-5,7-9,11,13-18,29H,6,10,12,19-20H2,(H,32,33)/t29-/m0/s1. The van der Waals surface area contributed by atoms with Crippen LogP contribution in [0.2, 0.25) is 0 Å². The fourth-order valence-electron chi connectivity index (χ4n) is 4.95. The largest absolute Gasteiger partial charge is 0.485 e. The first-order chi connectivity index (χ1) is 18.2. The van der Waals surface area contributed by atoms with Crippen molar-refractivity contribution < 1.29 is 9.53 Å². The number of hydrogen-bond acceptors (Lipinski definition) is 5. The van der Waals surface area contributed by atoms with E-state index < -0.39 is 0 Å². The quantitative estimate of drug-likeness (QED) is 0.227. The Balaban J connectivity index is 1.35. The Labute approximate surface area is 220 Å². The van der Waals surface area contributed by atoms with Gasteiger partial charge in [-0.25, -0.2) is 9.97 Å². The molecule has 0 radical (unpaired) electrons. The number of hydrogen-bond donors (Lipinski definition) is 1. The Morgan fingerprint density at radius 1 is 0.946 bits per heavy atom. The molecule has 5 aromatic rings. The molecule has 5 nitrogen and oxygen atoms in total. The number of H-pyrrole nitrogens is 1. The van der Waals surface area contributed by atoms with Gasteiger partial charge in [0.15, 0.2) is 5.78 Å². The molecule has 0 saturated heterocycles. The zero-order chi connectivity index (χ0) is 25.0. The number of carbonyl (C=O) groups excluding carboxylic acids is 1. The molecule has 0 amide bonds. The number of benzene rings is 3. The number of pyridine rings is 1. The molecule has 184 valence electrons. The fraction of sp³-hybridized carbons (Fsp3) is 0.194. The summed E-state index contributed by atoms with van der Waals surface area (Å²) in [6.45, 7) is 0. The Kier molecular flexibility index (Phi) is 6.74. The molecule has 1 N–H and O–H groups in total. The Morgan fingerprint density at radius 3 is 2.68 bits per heavy atom. The molecular formula is C31H27N3O2S. The summed E-state index contributed by atoms with van der Waals surface area (Å²) in [5.41, 5.74) is 5.11. The van der Waals surface area contributed by atoms with Crippen LogP contribution in [0.25, 0.3) is 10.9 Å². The molecule has 2 aromatic heterocycles. The van der Waals surface area contributed by atoms with E-state index in [1.165, 1.54) is 0 Å². The van der Waals surface area contributed by atoms with Crippen molar-refractivity contribution in [2.45, 2.75) is 42.6 Å². The highest BCUT2D eigenvalue weighted by Crippen LogP contribution is 2.38. The lowest BCUT2D eigenvalue weighted by Gasteiger charge is -2.25. The molecule has 3 aromatic carbocycles. The van der Waals surface area contributed by atoms with E-state index >= 15 is 0 Å². The summed E-state index contributed by atoms with van der Waals surface area (Å²) in [5, 5.41) is 2.08. The van der Waals surface area contributed by atoms with Gasteiger partial charge in [-0.3, -0.25) is 4.79 Å². The number of ether oxygens (including phenoxy) is 1. The minimum Gasteiger partial charge on any atom is -0.485 e. The van der Waals surface area contributed by atoms with Crippen LogP contribution in [0.3, 0.4) is 0 Å². The average Bonchev–Trinajstić information content (AvgIpc) is 3.46. The van der Waals surface area contributed by atoms with E-state index in [-0.39, 0.29) is 11.9 Å². The number of aromatic nitrogens is 3. The summed E-state index contributed by atoms with van der Waals surface area (Å²) in [5.74, 6) is 2.60. The molecule has 1 aliphatic carbocycles. The van der Waals surface area contributed by atoms with Crippen molar-refractivity contribution in [3.63, 3.8) is 0 Å². The topological polar surface area (TPSA) is 67.9 Å². The van der Waals surface area contributed by atoms with Crippen molar-refractivity contribution >= 4 is 28.4 Å². The number of imidazole rings is 1. The van der Waals surface area contributed by atoms with Crippen molar-refractivity contribution in [2.75, 3.05) is 0 Å². The van der Waals surface area contributed by atoms with E-state index in [1.807, 2.05) is 54.7 Å². The SMILES string of the molecule is O=C1CCCc2c1ccc(O[C@@H](Cc1ncc[nH]1)c1ccccc1)c2CSc1ccc2ccccc2n1. The van der Waals surface area contributed by atoms with E-state index in [4.69, 9.17) is 9.72 Å². The molecule has 0 bridgehead atoms. The molecule has 2 heterocycles. The molecule has 6 rings (SSSR count). The van der Waals surface area contributed by atoms with Gasteiger partial charge in [0.1, 0.15) is 17.7 Å². The number of aromatic amines is 1. The van der Waals surface area contributed by atoms with Gasteiger partial charge in [-0.05, 0) is 48.2 Å². The van der Waals surface area contributed by atoms with E-state index in [0.717, 1.165) is 62.6 Å². The van der Waals surface area contributed by atoms with Crippen molar-refractivity contribution in [1.29, 1.82) is 0 Å². The van der Waals surface area contributed by atoms with Gasteiger partial charge in [0, 0.05) is 47.5 Å². The maximum atomic E-state index is 12.8. The summed E-state index contributed by atoms with van der Waals surface area (Å²) >= 11 is 1.68. The van der Waals surface area contributed by atoms with Crippen LogP contribution in [0.1, 0.15) is 51.8 Å². The number of carbonyl (C=O) groups is 1. The average molecular weight is 506 g/mol. The molecule has 1 atom stereocenters. The monoisotopic (exact) mass is 505 g/mol. The van der Waals surface area contributed by atoms with Crippen molar-refractivity contribution in [2.24, 2.45) is 0 Å². The van der Waals surface area contributed by atoms with E-state index in [0.29, 0.717) is 18.6 Å². The molecule has 0 fully saturated rings. The zero-order valence-electron chi connectivity index (χ0n) is 20.4. The smallest absolute Gasteiger partial charge is 0.163 e. The number of thioether (sulfide) groups is 1. The van der Waals surface area contributed by atoms with Gasteiger partial charge < -0.3 is 9.72 Å². The van der Waals surface area contributed by atoms with Gasteiger partial charge in [-0.1, -0.05) is 54.6 Å². The first-order valence-electron chi connectivity index (χ1n) is 12.6. The van der Waals surface area contributed by atoms with Crippen LogP contribution in [0, 0.1) is 0 Å². The van der Waals surface area contributed by atoms with Gasteiger partial charge in [0.2, 0.25) is 0 Å². The van der Waals surface area contributed by atoms with E-state index in [1.54, 1.807) is 18.0 Å². The van der Waals surface area contributed by atoms with Crippen molar-refractivity contribution in [3.05, 3.63) is 119 Å². The summed E-state index contributed by atoms with van der Waals surface area (Å²) in [7, 11) is 0. The lowest BCUT2D eigenvalue weighted by Crippen LogP contribution is -2.17. The Morgan fingerprint density at radius 2 is 1.81 bits per heavy atom. The Bertz CT molecular complexity index is 1530. The van der Waals surface area contributed by atoms with Gasteiger partial charge in [-0.2, -0.15) is 0 Å². The van der Waals surface area contributed by atoms with Crippen LogP contribution in [0.15, 0.2) is 96.3 Å². The second-order valence-corrected chi connectivity index (χ2v) is 10.2. The molecule has 0 saturated carbocycles. The van der Waals surface area contributed by atoms with Crippen LogP contribution in [0.4, 0.5) is 0 Å². The van der Waals surface area contributed by atoms with Gasteiger partial charge in [-0.15, -0.1) is 11.8 Å². The van der Waals surface area contributed by atoms with Crippen LogP contribution in [-0.4, -0.2) is 20.7 Å². The van der Waals surface area contributed by atoms with Crippen LogP contribution < -0.4 is 4.74 Å². The van der Waals surface area contributed by atoms with Crippen LogP contribution in [-0.2, 0) is 18.6 Å². The number of Topliss-reactive ketones (excluding diaryl/α,β-unsaturated/α-hetero) is 1. The number of rotatable bonds is 8. The summed E-state index contributed by atoms with van der Waals surface area (Å²) in [6, 6.07) is 26.5. The van der Waals surface area contributed by atoms with E-state index in [9.17, 15) is 4.79 Å². The highest BCUT2D eigenvalue weighted by molar-refractivity contribution is 7.98. The number of nitrogens with zero attached hydrogens (tertiary/aromatic N) is 2. The molecule has 0 aliphatic heterocycles. The second kappa shape index (κ2) is 10.6. The highest BCUT2D eigenvalue weighted by atomic mass is 32.2. The molecule has 37 heavy (non-hydrogen) atoms. The first-order valence-corrected chi connectivity index (χ1v) is 13.6.